The molecule has 1 saturated carbocycles. The number of aromatic nitrogens is 1. The number of carbonyl (C=O) groups is 1. The van der Waals surface area contributed by atoms with E-state index in [4.69, 9.17) is 0 Å². The highest BCUT2D eigenvalue weighted by Gasteiger charge is 2.44. The predicted octanol–water partition coefficient (Wildman–Crippen LogP) is 2.65. The topological polar surface area (TPSA) is 66.7 Å². The van der Waals surface area contributed by atoms with E-state index in [9.17, 15) is 9.18 Å². The van der Waals surface area contributed by atoms with Gasteiger partial charge >= 0.3 is 0 Å². The molecule has 5 nitrogen and oxygen atoms in total. The Balaban J connectivity index is 1.33. The van der Waals surface area contributed by atoms with Crippen LogP contribution in [0.2, 0.25) is 0 Å². The number of hydrogen-bond acceptors (Lipinski definition) is 4. The third kappa shape index (κ3) is 2.95. The second-order valence-corrected chi connectivity index (χ2v) is 5.97. The highest BCUT2D eigenvalue weighted by molar-refractivity contribution is 6.16. The van der Waals surface area contributed by atoms with Crippen molar-refractivity contribution in [3.8, 4) is 0 Å². The van der Waals surface area contributed by atoms with Gasteiger partial charge < -0.3 is 5.32 Å². The number of carbonyl (C=O) groups excluding carboxylic acids is 1. The molecule has 1 fully saturated rings. The third-order valence-corrected chi connectivity index (χ3v) is 4.28. The Kier molecular flexibility index (Phi) is 3.65. The summed E-state index contributed by atoms with van der Waals surface area (Å²) in [6.07, 6.45) is 2.95. The summed E-state index contributed by atoms with van der Waals surface area (Å²) in [7, 11) is 0. The van der Waals surface area contributed by atoms with Crippen LogP contribution in [0.4, 0.5) is 4.39 Å². The summed E-state index contributed by atoms with van der Waals surface area (Å²) >= 11 is 0. The second-order valence-electron chi connectivity index (χ2n) is 5.97. The van der Waals surface area contributed by atoms with Gasteiger partial charge in [-0.15, -0.1) is 5.10 Å². The van der Waals surface area contributed by atoms with Crippen LogP contribution in [0.25, 0.3) is 0 Å². The maximum absolute atomic E-state index is 13.0. The molecule has 1 N–H and O–H groups in total. The fourth-order valence-electron chi connectivity index (χ4n) is 2.89. The van der Waals surface area contributed by atoms with Crippen molar-refractivity contribution in [3.63, 3.8) is 0 Å². The third-order valence-electron chi connectivity index (χ3n) is 4.28. The molecule has 2 unspecified atom stereocenters. The summed E-state index contributed by atoms with van der Waals surface area (Å²) in [4.78, 5) is 16.6. The van der Waals surface area contributed by atoms with Gasteiger partial charge in [0.1, 0.15) is 11.7 Å². The molecular weight excluding hydrogens is 307 g/mol. The normalized spacial score (nSPS) is 21.9. The van der Waals surface area contributed by atoms with Gasteiger partial charge in [-0.2, -0.15) is 5.10 Å². The number of amides is 1. The van der Waals surface area contributed by atoms with Crippen LogP contribution in [-0.2, 0) is 4.79 Å². The summed E-state index contributed by atoms with van der Waals surface area (Å²) in [6.45, 7) is 0. The quantitative estimate of drug-likeness (QED) is 0.944. The summed E-state index contributed by atoms with van der Waals surface area (Å²) < 4.78 is 13.0. The predicted molar refractivity (Wildman–Crippen MR) is 88.2 cm³/mol. The lowest BCUT2D eigenvalue weighted by Gasteiger charge is -2.04. The first-order chi connectivity index (χ1) is 11.7. The smallest absolute Gasteiger partial charge is 0.229 e. The van der Waals surface area contributed by atoms with Crippen molar-refractivity contribution in [3.05, 3.63) is 65.7 Å². The zero-order valence-electron chi connectivity index (χ0n) is 12.8. The van der Waals surface area contributed by atoms with Gasteiger partial charge in [0, 0.05) is 12.1 Å². The molecule has 1 aliphatic carbocycles. The molecule has 2 atom stereocenters. The molecule has 2 heterocycles. The average molecular weight is 322 g/mol. The van der Waals surface area contributed by atoms with E-state index in [-0.39, 0.29) is 23.6 Å². The summed E-state index contributed by atoms with van der Waals surface area (Å²) in [5, 5.41) is 11.0. The molecule has 1 amide bonds. The van der Waals surface area contributed by atoms with Gasteiger partial charge in [0.05, 0.1) is 17.8 Å². The summed E-state index contributed by atoms with van der Waals surface area (Å²) in [6, 6.07) is 11.9. The first-order valence-electron chi connectivity index (χ1n) is 7.82. The highest BCUT2D eigenvalue weighted by Crippen LogP contribution is 2.47. The standard InChI is InChI=1S/C18H15FN4O/c19-12-6-4-11(5-7-12)13-9-14(13)18(24)21-17-10-16(22-23-17)15-3-1-2-8-20-15/h1-8,13-14H,9-10H2,(H,21,23,24). The van der Waals surface area contributed by atoms with Crippen LogP contribution in [0.15, 0.2) is 58.9 Å². The molecule has 2 aromatic rings. The van der Waals surface area contributed by atoms with Crippen molar-refractivity contribution in [1.82, 2.24) is 10.3 Å². The largest absolute Gasteiger partial charge is 0.312 e. The molecule has 120 valence electrons. The van der Waals surface area contributed by atoms with Gasteiger partial charge in [-0.25, -0.2) is 4.39 Å². The molecule has 1 aliphatic heterocycles. The number of hydrogen-bond donors (Lipinski definition) is 1. The molecule has 0 spiro atoms. The van der Waals surface area contributed by atoms with Gasteiger partial charge in [-0.05, 0) is 42.2 Å². The second kappa shape index (κ2) is 5.96. The fraction of sp³-hybridized carbons (Fsp3) is 0.222. The SMILES string of the molecule is O=C(NC1=NN=C(c2ccccn2)C1)C1CC1c1ccc(F)cc1. The first-order valence-corrected chi connectivity index (χ1v) is 7.82. The van der Waals surface area contributed by atoms with Crippen molar-refractivity contribution >= 4 is 17.5 Å². The molecule has 1 aromatic heterocycles. The van der Waals surface area contributed by atoms with Gasteiger partial charge in [0.2, 0.25) is 5.91 Å². The Morgan fingerprint density at radius 2 is 1.96 bits per heavy atom. The molecule has 1 aromatic carbocycles. The van der Waals surface area contributed by atoms with E-state index in [1.54, 1.807) is 18.3 Å². The zero-order valence-corrected chi connectivity index (χ0v) is 12.8. The molecule has 0 saturated heterocycles. The van der Waals surface area contributed by atoms with Crippen molar-refractivity contribution < 1.29 is 9.18 Å². The minimum absolute atomic E-state index is 0.0551. The number of nitrogens with one attached hydrogen (secondary N) is 1. The number of nitrogens with zero attached hydrogens (tertiary/aromatic N) is 3. The van der Waals surface area contributed by atoms with E-state index in [0.717, 1.165) is 23.4 Å². The minimum atomic E-state index is -0.264. The summed E-state index contributed by atoms with van der Waals surface area (Å²) in [5.74, 6) is 0.298. The zero-order chi connectivity index (χ0) is 16.5. The van der Waals surface area contributed by atoms with Gasteiger partial charge in [-0.1, -0.05) is 18.2 Å². The maximum atomic E-state index is 13.0. The molecule has 0 radical (unpaired) electrons. The van der Waals surface area contributed by atoms with E-state index < -0.39 is 0 Å². The number of halogens is 1. The fourth-order valence-corrected chi connectivity index (χ4v) is 2.89. The van der Waals surface area contributed by atoms with Crippen LogP contribution in [0.5, 0.6) is 0 Å². The van der Waals surface area contributed by atoms with E-state index in [1.165, 1.54) is 12.1 Å². The molecular formula is C18H15FN4O. The lowest BCUT2D eigenvalue weighted by molar-refractivity contribution is -0.121. The Morgan fingerprint density at radius 3 is 2.71 bits per heavy atom. The van der Waals surface area contributed by atoms with Crippen LogP contribution in [0.1, 0.15) is 30.0 Å². The van der Waals surface area contributed by atoms with Crippen molar-refractivity contribution in [1.29, 1.82) is 0 Å². The lowest BCUT2D eigenvalue weighted by atomic mass is 10.1. The van der Waals surface area contributed by atoms with Crippen LogP contribution < -0.4 is 5.32 Å². The van der Waals surface area contributed by atoms with Gasteiger partial charge in [0.15, 0.2) is 0 Å². The Labute approximate surface area is 138 Å². The van der Waals surface area contributed by atoms with E-state index in [1.807, 2.05) is 18.2 Å². The first kappa shape index (κ1) is 14.7. The molecule has 2 aliphatic rings. The van der Waals surface area contributed by atoms with Crippen LogP contribution in [0, 0.1) is 11.7 Å². The van der Waals surface area contributed by atoms with Crippen LogP contribution in [0.3, 0.4) is 0 Å². The van der Waals surface area contributed by atoms with Crippen molar-refractivity contribution in [2.75, 3.05) is 0 Å². The number of pyridine rings is 1. The molecule has 0 bridgehead atoms. The number of benzene rings is 1. The van der Waals surface area contributed by atoms with Crippen molar-refractivity contribution in [2.24, 2.45) is 16.1 Å². The Morgan fingerprint density at radius 1 is 1.12 bits per heavy atom. The number of rotatable bonds is 3. The van der Waals surface area contributed by atoms with Gasteiger partial charge in [-0.3, -0.25) is 9.78 Å². The Hall–Kier alpha value is -2.89. The molecule has 4 rings (SSSR count). The maximum Gasteiger partial charge on any atom is 0.229 e. The molecule has 24 heavy (non-hydrogen) atoms. The van der Waals surface area contributed by atoms with Gasteiger partial charge in [0.25, 0.3) is 0 Å². The minimum Gasteiger partial charge on any atom is -0.312 e. The average Bonchev–Trinajstić information content (AvgIpc) is 3.28. The summed E-state index contributed by atoms with van der Waals surface area (Å²) in [5.41, 5.74) is 2.51. The van der Waals surface area contributed by atoms with E-state index >= 15 is 0 Å². The van der Waals surface area contributed by atoms with E-state index in [2.05, 4.69) is 20.5 Å². The van der Waals surface area contributed by atoms with E-state index in [0.29, 0.717) is 12.3 Å². The monoisotopic (exact) mass is 322 g/mol. The van der Waals surface area contributed by atoms with Crippen LogP contribution in [-0.4, -0.2) is 22.4 Å². The number of amidine groups is 1. The van der Waals surface area contributed by atoms with Crippen LogP contribution >= 0.6 is 0 Å². The van der Waals surface area contributed by atoms with Crippen molar-refractivity contribution in [2.45, 2.75) is 18.8 Å². The molecule has 6 heteroatoms. The Bertz CT molecular complexity index is 830. The lowest BCUT2D eigenvalue weighted by Crippen LogP contribution is -2.32. The highest BCUT2D eigenvalue weighted by atomic mass is 19.1.